The molecule has 55 heavy (non-hydrogen) atoms. The summed E-state index contributed by atoms with van der Waals surface area (Å²) in [7, 11) is 0. The van der Waals surface area contributed by atoms with E-state index in [4.69, 9.17) is 0 Å². The third-order valence-electron chi connectivity index (χ3n) is 12.2. The van der Waals surface area contributed by atoms with Crippen LogP contribution in [-0.4, -0.2) is 0 Å². The molecule has 0 unspecified atom stereocenters. The lowest BCUT2D eigenvalue weighted by Gasteiger charge is -2.06. The van der Waals surface area contributed by atoms with E-state index in [-0.39, 0.29) is 0 Å². The molecule has 0 nitrogen and oxygen atoms in total. The quantitative estimate of drug-likeness (QED) is 0.0370. The van der Waals surface area contributed by atoms with Crippen molar-refractivity contribution < 1.29 is 0 Å². The molecular weight excluding hydrogens is 741 g/mol. The van der Waals surface area contributed by atoms with Crippen molar-refractivity contribution >= 4 is 73.5 Å². The Bertz CT molecular complexity index is 1710. The first-order chi connectivity index (χ1) is 27.2. The van der Waals surface area contributed by atoms with Gasteiger partial charge in [-0.3, -0.25) is 0 Å². The minimum atomic E-state index is 1.23. The van der Waals surface area contributed by atoms with Gasteiger partial charge in [-0.05, 0) is 49.3 Å². The first-order valence-corrected chi connectivity index (χ1v) is 26.9. The molecule has 0 radical (unpaired) electrons. The normalized spacial score (nSPS) is 12.1. The molecule has 1 aromatic carbocycles. The van der Waals surface area contributed by atoms with Crippen LogP contribution >= 0.6 is 45.3 Å². The molecule has 0 fully saturated rings. The molecule has 4 aromatic heterocycles. The summed E-state index contributed by atoms with van der Waals surface area (Å²) in [5.74, 6) is 0. The van der Waals surface area contributed by atoms with Crippen LogP contribution in [0.4, 0.5) is 0 Å². The van der Waals surface area contributed by atoms with Gasteiger partial charge in [-0.2, -0.15) is 0 Å². The molecule has 0 aliphatic carbocycles. The maximum absolute atomic E-state index is 2.40. The zero-order valence-electron chi connectivity index (χ0n) is 35.6. The zero-order valence-corrected chi connectivity index (χ0v) is 38.9. The smallest absolute Gasteiger partial charge is 0.0651 e. The first-order valence-electron chi connectivity index (χ1n) is 23.7. The lowest BCUT2D eigenvalue weighted by molar-refractivity contribution is 0.532. The van der Waals surface area contributed by atoms with E-state index in [9.17, 15) is 0 Å². The number of fused-ring (bicyclic) bond motifs is 5. The fraction of sp³-hybridized carbons (Fsp3) is 0.686. The Morgan fingerprint density at radius 2 is 0.655 bits per heavy atom. The highest BCUT2D eigenvalue weighted by atomic mass is 32.1. The number of aryl methyl sites for hydroxylation is 3. The summed E-state index contributed by atoms with van der Waals surface area (Å²) in [6, 6.07) is 11.3. The molecular formula is C51H78S4. The van der Waals surface area contributed by atoms with Crippen molar-refractivity contribution in [1.29, 1.82) is 0 Å². The zero-order chi connectivity index (χ0) is 38.3. The van der Waals surface area contributed by atoms with Gasteiger partial charge in [0.05, 0.1) is 28.2 Å². The Kier molecular flexibility index (Phi) is 21.8. The van der Waals surface area contributed by atoms with Crippen LogP contribution in [0.15, 0.2) is 30.3 Å². The van der Waals surface area contributed by atoms with Crippen LogP contribution < -0.4 is 0 Å². The lowest BCUT2D eigenvalue weighted by atomic mass is 10.0. The van der Waals surface area contributed by atoms with Crippen molar-refractivity contribution in [3.05, 3.63) is 46.3 Å². The van der Waals surface area contributed by atoms with E-state index in [1.54, 1.807) is 49.1 Å². The summed E-state index contributed by atoms with van der Waals surface area (Å²) in [5, 5.41) is 0. The van der Waals surface area contributed by atoms with E-state index in [0.717, 1.165) is 0 Å². The summed E-state index contributed by atoms with van der Waals surface area (Å²) in [5.41, 5.74) is 4.74. The van der Waals surface area contributed by atoms with Crippen LogP contribution in [-0.2, 0) is 12.8 Å². The standard InChI is InChI=1S/C51H78S4/c1-4-6-8-10-12-14-16-18-20-22-24-26-28-30-35-39-43-41(3)52-48-46(43)54-51-49-47(55-50(48)51)44(45(53-49)42-37-33-32-34-38-42)40-36-31-29-27-25-23-21-19-17-15-13-11-9-7-5-2/h32-34,37-38H,4-31,35-36,39-40H2,1-3H3. The number of hydrogen-bond donors (Lipinski definition) is 0. The van der Waals surface area contributed by atoms with Crippen molar-refractivity contribution in [2.45, 2.75) is 226 Å². The predicted molar refractivity (Wildman–Crippen MR) is 258 cm³/mol. The summed E-state index contributed by atoms with van der Waals surface area (Å²) in [6.07, 6.45) is 45.4. The number of unbranched alkanes of at least 4 members (excludes halogenated alkanes) is 28. The SMILES string of the molecule is CCCCCCCCCCCCCCCCCc1c(C)sc2c1sc1c3sc(-c4ccccc4)c(CCCCCCCCCCCCCCCCC)c3sc21. The Labute approximate surface area is 354 Å². The second-order valence-corrected chi connectivity index (χ2v) is 21.3. The fourth-order valence-electron chi connectivity index (χ4n) is 8.80. The fourth-order valence-corrected chi connectivity index (χ4v) is 15.0. The molecule has 0 amide bonds. The highest BCUT2D eigenvalue weighted by Gasteiger charge is 2.23. The van der Waals surface area contributed by atoms with E-state index >= 15 is 0 Å². The van der Waals surface area contributed by atoms with Crippen LogP contribution in [0, 0.1) is 6.92 Å². The predicted octanol–water partition coefficient (Wildman–Crippen LogP) is 20.2. The van der Waals surface area contributed by atoms with Crippen LogP contribution in [0.5, 0.6) is 0 Å². The minimum Gasteiger partial charge on any atom is -0.138 e. The summed E-state index contributed by atoms with van der Waals surface area (Å²) >= 11 is 8.45. The van der Waals surface area contributed by atoms with Crippen LogP contribution in [0.25, 0.3) is 38.6 Å². The molecule has 306 valence electrons. The maximum atomic E-state index is 2.40. The number of rotatable bonds is 33. The molecule has 0 N–H and O–H groups in total. The van der Waals surface area contributed by atoms with Crippen LogP contribution in [0.2, 0.25) is 0 Å². The Morgan fingerprint density at radius 1 is 0.327 bits per heavy atom. The van der Waals surface area contributed by atoms with E-state index in [1.807, 2.05) is 0 Å². The van der Waals surface area contributed by atoms with Gasteiger partial charge in [0, 0.05) is 9.75 Å². The van der Waals surface area contributed by atoms with Crippen LogP contribution in [0.1, 0.15) is 222 Å². The number of thiophene rings is 4. The number of benzene rings is 1. The molecule has 5 aromatic rings. The van der Waals surface area contributed by atoms with Crippen molar-refractivity contribution in [3.63, 3.8) is 0 Å². The highest BCUT2D eigenvalue weighted by molar-refractivity contribution is 7.45. The molecule has 0 atom stereocenters. The van der Waals surface area contributed by atoms with Crippen LogP contribution in [0.3, 0.4) is 0 Å². The molecule has 0 bridgehead atoms. The second-order valence-electron chi connectivity index (χ2n) is 17.0. The van der Waals surface area contributed by atoms with Crippen molar-refractivity contribution in [2.75, 3.05) is 0 Å². The van der Waals surface area contributed by atoms with E-state index in [1.165, 1.54) is 211 Å². The largest absolute Gasteiger partial charge is 0.138 e. The van der Waals surface area contributed by atoms with Gasteiger partial charge in [-0.25, -0.2) is 0 Å². The molecule has 0 spiro atoms. The van der Waals surface area contributed by atoms with E-state index < -0.39 is 0 Å². The Hall–Kier alpha value is -1.20. The van der Waals surface area contributed by atoms with E-state index in [2.05, 4.69) is 96.5 Å². The first kappa shape index (κ1) is 44.9. The van der Waals surface area contributed by atoms with Gasteiger partial charge in [-0.15, -0.1) is 45.3 Å². The number of hydrogen-bond acceptors (Lipinski definition) is 4. The second kappa shape index (κ2) is 26.7. The van der Waals surface area contributed by atoms with Gasteiger partial charge in [0.1, 0.15) is 0 Å². The van der Waals surface area contributed by atoms with Gasteiger partial charge in [0.25, 0.3) is 0 Å². The molecule has 4 heteroatoms. The van der Waals surface area contributed by atoms with Gasteiger partial charge in [0.2, 0.25) is 0 Å². The molecule has 0 saturated heterocycles. The third kappa shape index (κ3) is 14.5. The summed E-state index contributed by atoms with van der Waals surface area (Å²) in [4.78, 5) is 3.12. The minimum absolute atomic E-state index is 1.23. The summed E-state index contributed by atoms with van der Waals surface area (Å²) in [6.45, 7) is 7.02. The van der Waals surface area contributed by atoms with Crippen molar-refractivity contribution in [3.8, 4) is 10.4 Å². The van der Waals surface area contributed by atoms with Crippen molar-refractivity contribution in [2.24, 2.45) is 0 Å². The highest BCUT2D eigenvalue weighted by Crippen LogP contribution is 2.54. The Balaban J connectivity index is 1.05. The van der Waals surface area contributed by atoms with Gasteiger partial charge in [0.15, 0.2) is 0 Å². The Morgan fingerprint density at radius 3 is 1.07 bits per heavy atom. The van der Waals surface area contributed by atoms with Gasteiger partial charge >= 0.3 is 0 Å². The lowest BCUT2D eigenvalue weighted by Crippen LogP contribution is -1.88. The molecule has 0 saturated carbocycles. The average molecular weight is 819 g/mol. The maximum Gasteiger partial charge on any atom is 0.0651 e. The molecule has 0 aliphatic rings. The average Bonchev–Trinajstić information content (AvgIpc) is 3.92. The molecule has 0 aliphatic heterocycles. The summed E-state index contributed by atoms with van der Waals surface area (Å²) < 4.78 is 9.58. The van der Waals surface area contributed by atoms with Gasteiger partial charge in [-0.1, -0.05) is 224 Å². The van der Waals surface area contributed by atoms with Gasteiger partial charge < -0.3 is 0 Å². The topological polar surface area (TPSA) is 0 Å². The molecule has 5 rings (SSSR count). The van der Waals surface area contributed by atoms with Crippen molar-refractivity contribution in [1.82, 2.24) is 0 Å². The third-order valence-corrected chi connectivity index (χ3v) is 17.9. The monoisotopic (exact) mass is 818 g/mol. The molecule has 4 heterocycles. The van der Waals surface area contributed by atoms with E-state index in [0.29, 0.717) is 0 Å².